The standard InChI is InChI=1S/C22H23ClN4O/c1-4-8-16(5-2)13-27-12-11-20-18(14-27)21(17-9-6-7-10-19(17)23)26-22(25-20)24-15(3)28/h4-10H,1-2,11-14H2,3H3,(H,24,25,26,28)/b16-8+. The van der Waals surface area contributed by atoms with Crippen LogP contribution in [0, 0.1) is 0 Å². The fourth-order valence-electron chi connectivity index (χ4n) is 3.29. The molecule has 0 aliphatic carbocycles. The summed E-state index contributed by atoms with van der Waals surface area (Å²) in [6.07, 6.45) is 6.35. The quantitative estimate of drug-likeness (QED) is 0.737. The highest BCUT2D eigenvalue weighted by atomic mass is 35.5. The van der Waals surface area contributed by atoms with E-state index < -0.39 is 0 Å². The van der Waals surface area contributed by atoms with Crippen LogP contribution in [0.25, 0.3) is 11.3 Å². The second-order valence-corrected chi connectivity index (χ2v) is 7.03. The van der Waals surface area contributed by atoms with Gasteiger partial charge in [-0.3, -0.25) is 15.0 Å². The van der Waals surface area contributed by atoms with E-state index in [-0.39, 0.29) is 5.91 Å². The Morgan fingerprint density at radius 2 is 2.11 bits per heavy atom. The van der Waals surface area contributed by atoms with Gasteiger partial charge in [-0.1, -0.05) is 61.2 Å². The van der Waals surface area contributed by atoms with Crippen LogP contribution in [0.15, 0.2) is 61.2 Å². The van der Waals surface area contributed by atoms with Gasteiger partial charge >= 0.3 is 0 Å². The molecule has 0 bridgehead atoms. The van der Waals surface area contributed by atoms with Gasteiger partial charge in [-0.15, -0.1) is 0 Å². The van der Waals surface area contributed by atoms with E-state index in [1.165, 1.54) is 6.92 Å². The molecule has 2 aromatic rings. The Kier molecular flexibility index (Phi) is 6.39. The van der Waals surface area contributed by atoms with E-state index in [9.17, 15) is 4.79 Å². The lowest BCUT2D eigenvalue weighted by molar-refractivity contribution is -0.114. The van der Waals surface area contributed by atoms with Crippen LogP contribution in [-0.2, 0) is 17.8 Å². The van der Waals surface area contributed by atoms with Crippen molar-refractivity contribution in [2.75, 3.05) is 18.4 Å². The number of benzene rings is 1. The Morgan fingerprint density at radius 3 is 2.79 bits per heavy atom. The molecule has 1 aliphatic rings. The van der Waals surface area contributed by atoms with E-state index >= 15 is 0 Å². The summed E-state index contributed by atoms with van der Waals surface area (Å²) in [5.41, 5.74) is 4.68. The van der Waals surface area contributed by atoms with Crippen molar-refractivity contribution in [1.29, 1.82) is 0 Å². The third kappa shape index (κ3) is 4.55. The first-order valence-electron chi connectivity index (χ1n) is 9.10. The van der Waals surface area contributed by atoms with Crippen LogP contribution < -0.4 is 5.32 Å². The molecule has 0 saturated heterocycles. The van der Waals surface area contributed by atoms with Gasteiger partial charge in [-0.05, 0) is 11.6 Å². The average Bonchev–Trinajstić information content (AvgIpc) is 2.67. The van der Waals surface area contributed by atoms with Gasteiger partial charge in [0.1, 0.15) is 0 Å². The minimum atomic E-state index is -0.201. The smallest absolute Gasteiger partial charge is 0.230 e. The number of nitrogens with one attached hydrogen (secondary N) is 1. The Hall–Kier alpha value is -2.76. The van der Waals surface area contributed by atoms with E-state index in [0.29, 0.717) is 17.5 Å². The van der Waals surface area contributed by atoms with Gasteiger partial charge in [0, 0.05) is 49.1 Å². The molecule has 2 heterocycles. The van der Waals surface area contributed by atoms with Crippen molar-refractivity contribution in [1.82, 2.24) is 14.9 Å². The lowest BCUT2D eigenvalue weighted by Gasteiger charge is -2.30. The van der Waals surface area contributed by atoms with Crippen molar-refractivity contribution in [2.45, 2.75) is 19.9 Å². The fourth-order valence-corrected chi connectivity index (χ4v) is 3.51. The van der Waals surface area contributed by atoms with Crippen molar-refractivity contribution >= 4 is 23.5 Å². The molecule has 0 atom stereocenters. The third-order valence-corrected chi connectivity index (χ3v) is 4.89. The summed E-state index contributed by atoms with van der Waals surface area (Å²) in [7, 11) is 0. The first-order valence-corrected chi connectivity index (χ1v) is 9.48. The molecule has 0 saturated carbocycles. The zero-order valence-electron chi connectivity index (χ0n) is 15.9. The van der Waals surface area contributed by atoms with Crippen molar-refractivity contribution in [2.24, 2.45) is 0 Å². The van der Waals surface area contributed by atoms with Crippen molar-refractivity contribution in [3.8, 4) is 11.3 Å². The molecule has 1 amide bonds. The van der Waals surface area contributed by atoms with Gasteiger partial charge in [0.15, 0.2) is 0 Å². The fraction of sp³-hybridized carbons (Fsp3) is 0.227. The van der Waals surface area contributed by atoms with Gasteiger partial charge in [-0.25, -0.2) is 9.97 Å². The summed E-state index contributed by atoms with van der Waals surface area (Å²) < 4.78 is 0. The van der Waals surface area contributed by atoms with Gasteiger partial charge < -0.3 is 0 Å². The number of rotatable bonds is 6. The van der Waals surface area contributed by atoms with Gasteiger partial charge in [0.05, 0.1) is 11.4 Å². The van der Waals surface area contributed by atoms with Crippen LogP contribution in [-0.4, -0.2) is 33.9 Å². The molecule has 1 aromatic carbocycles. The number of anilines is 1. The second kappa shape index (κ2) is 8.95. The number of aromatic nitrogens is 2. The number of nitrogens with zero attached hydrogens (tertiary/aromatic N) is 3. The van der Waals surface area contributed by atoms with Crippen LogP contribution in [0.2, 0.25) is 5.02 Å². The summed E-state index contributed by atoms with van der Waals surface area (Å²) in [5.74, 6) is 0.112. The van der Waals surface area contributed by atoms with Crippen molar-refractivity contribution in [3.63, 3.8) is 0 Å². The molecule has 1 aliphatic heterocycles. The second-order valence-electron chi connectivity index (χ2n) is 6.62. The van der Waals surface area contributed by atoms with E-state index in [4.69, 9.17) is 11.6 Å². The number of fused-ring (bicyclic) bond motifs is 1. The molecule has 0 spiro atoms. The normalized spacial score (nSPS) is 14.3. The molecule has 1 aromatic heterocycles. The monoisotopic (exact) mass is 394 g/mol. The van der Waals surface area contributed by atoms with E-state index in [1.807, 2.05) is 36.4 Å². The summed E-state index contributed by atoms with van der Waals surface area (Å²) >= 11 is 6.45. The molecule has 0 radical (unpaired) electrons. The predicted octanol–water partition coefficient (Wildman–Crippen LogP) is 4.41. The van der Waals surface area contributed by atoms with Crippen LogP contribution in [0.1, 0.15) is 18.2 Å². The highest BCUT2D eigenvalue weighted by Crippen LogP contribution is 2.33. The maximum absolute atomic E-state index is 11.5. The number of allylic oxidation sites excluding steroid dienone is 2. The average molecular weight is 395 g/mol. The predicted molar refractivity (Wildman–Crippen MR) is 114 cm³/mol. The van der Waals surface area contributed by atoms with Gasteiger partial charge in [-0.2, -0.15) is 0 Å². The Balaban J connectivity index is 2.03. The Bertz CT molecular complexity index is 952. The highest BCUT2D eigenvalue weighted by molar-refractivity contribution is 6.33. The van der Waals surface area contributed by atoms with E-state index in [1.54, 1.807) is 6.08 Å². The molecule has 144 valence electrons. The molecule has 0 unspecified atom stereocenters. The zero-order valence-corrected chi connectivity index (χ0v) is 16.7. The van der Waals surface area contributed by atoms with Gasteiger partial charge in [0.2, 0.25) is 11.9 Å². The number of carbonyl (C=O) groups is 1. The number of hydrogen-bond donors (Lipinski definition) is 1. The van der Waals surface area contributed by atoms with Crippen molar-refractivity contribution in [3.05, 3.63) is 77.5 Å². The van der Waals surface area contributed by atoms with Gasteiger partial charge in [0.25, 0.3) is 0 Å². The third-order valence-electron chi connectivity index (χ3n) is 4.56. The lowest BCUT2D eigenvalue weighted by atomic mass is 9.98. The minimum absolute atomic E-state index is 0.201. The number of amides is 1. The molecule has 6 heteroatoms. The Labute approximate surface area is 170 Å². The highest BCUT2D eigenvalue weighted by Gasteiger charge is 2.24. The minimum Gasteiger partial charge on any atom is -0.295 e. The summed E-state index contributed by atoms with van der Waals surface area (Å²) in [6, 6.07) is 7.59. The molecule has 0 fully saturated rings. The summed E-state index contributed by atoms with van der Waals surface area (Å²) in [4.78, 5) is 23.0. The van der Waals surface area contributed by atoms with E-state index in [0.717, 1.165) is 47.6 Å². The maximum atomic E-state index is 11.5. The SMILES string of the molecule is C=C/C=C(\C=C)CN1CCc2nc(NC(C)=O)nc(-c3ccccc3Cl)c2C1. The summed E-state index contributed by atoms with van der Waals surface area (Å²) in [6.45, 7) is 11.4. The zero-order chi connectivity index (χ0) is 20.1. The molecule has 3 rings (SSSR count). The van der Waals surface area contributed by atoms with E-state index in [2.05, 4.69) is 33.3 Å². The number of carbonyl (C=O) groups excluding carboxylic acids is 1. The van der Waals surface area contributed by atoms with Crippen LogP contribution in [0.5, 0.6) is 0 Å². The summed E-state index contributed by atoms with van der Waals surface area (Å²) in [5, 5.41) is 3.32. The molecule has 5 nitrogen and oxygen atoms in total. The first-order chi connectivity index (χ1) is 13.5. The van der Waals surface area contributed by atoms with Crippen molar-refractivity contribution < 1.29 is 4.79 Å². The van der Waals surface area contributed by atoms with Crippen LogP contribution >= 0.6 is 11.6 Å². The Morgan fingerprint density at radius 1 is 1.32 bits per heavy atom. The number of hydrogen-bond acceptors (Lipinski definition) is 4. The molecule has 28 heavy (non-hydrogen) atoms. The molecular formula is C22H23ClN4O. The largest absolute Gasteiger partial charge is 0.295 e. The van der Waals surface area contributed by atoms with Crippen LogP contribution in [0.3, 0.4) is 0 Å². The molecular weight excluding hydrogens is 372 g/mol. The number of halogens is 1. The first kappa shape index (κ1) is 20.0. The lowest BCUT2D eigenvalue weighted by Crippen LogP contribution is -2.33. The maximum Gasteiger partial charge on any atom is 0.230 e. The topological polar surface area (TPSA) is 58.1 Å². The van der Waals surface area contributed by atoms with Crippen LogP contribution in [0.4, 0.5) is 5.95 Å². The molecule has 1 N–H and O–H groups in total.